The molecule has 0 radical (unpaired) electrons. The smallest absolute Gasteiger partial charge is 0.194 e. The van der Waals surface area contributed by atoms with Gasteiger partial charge in [-0.2, -0.15) is 0 Å². The fraction of sp³-hybridized carbons (Fsp3) is 0.421. The molecule has 4 rings (SSSR count). The zero-order valence-electron chi connectivity index (χ0n) is 14.2. The first-order valence-electron chi connectivity index (χ1n) is 8.66. The van der Waals surface area contributed by atoms with Gasteiger partial charge in [0.15, 0.2) is 4.96 Å². The highest BCUT2D eigenvalue weighted by atomic mass is 32.1. The largest absolute Gasteiger partial charge is 0.491 e. The third-order valence-corrected chi connectivity index (χ3v) is 5.65. The van der Waals surface area contributed by atoms with Crippen LogP contribution in [0.4, 0.5) is 0 Å². The highest BCUT2D eigenvalue weighted by Crippen LogP contribution is 2.35. The fourth-order valence-electron chi connectivity index (χ4n) is 3.48. The molecule has 2 aromatic heterocycles. The molecular weight excluding hydrogens is 318 g/mol. The van der Waals surface area contributed by atoms with Crippen LogP contribution in [-0.2, 0) is 19.4 Å². The summed E-state index contributed by atoms with van der Waals surface area (Å²) in [6.45, 7) is 4.57. The zero-order chi connectivity index (χ0) is 16.7. The van der Waals surface area contributed by atoms with Crippen LogP contribution in [0.5, 0.6) is 5.75 Å². The summed E-state index contributed by atoms with van der Waals surface area (Å²) in [5.41, 5.74) is 10.8. The topological polar surface area (TPSA) is 52.5 Å². The molecule has 2 heterocycles. The van der Waals surface area contributed by atoms with E-state index in [0.717, 1.165) is 34.1 Å². The van der Waals surface area contributed by atoms with Gasteiger partial charge in [0, 0.05) is 22.7 Å². The summed E-state index contributed by atoms with van der Waals surface area (Å²) in [5.74, 6) is 0.890. The van der Waals surface area contributed by atoms with E-state index >= 15 is 0 Å². The summed E-state index contributed by atoms with van der Waals surface area (Å²) in [7, 11) is 0. The van der Waals surface area contributed by atoms with Gasteiger partial charge in [0.1, 0.15) is 5.75 Å². The normalized spacial score (nSPS) is 14.3. The molecule has 5 heteroatoms. The molecule has 1 aliphatic rings. The first kappa shape index (κ1) is 15.7. The van der Waals surface area contributed by atoms with E-state index in [1.165, 1.54) is 29.8 Å². The number of hydrogen-bond acceptors (Lipinski definition) is 4. The average molecular weight is 341 g/mol. The van der Waals surface area contributed by atoms with Crippen LogP contribution < -0.4 is 10.5 Å². The monoisotopic (exact) mass is 341 g/mol. The fourth-order valence-corrected chi connectivity index (χ4v) is 4.71. The van der Waals surface area contributed by atoms with Gasteiger partial charge < -0.3 is 10.5 Å². The molecule has 0 atom stereocenters. The van der Waals surface area contributed by atoms with Gasteiger partial charge in [-0.25, -0.2) is 4.98 Å². The van der Waals surface area contributed by atoms with Gasteiger partial charge >= 0.3 is 0 Å². The van der Waals surface area contributed by atoms with Crippen LogP contribution in [0.2, 0.25) is 0 Å². The molecule has 126 valence electrons. The number of aryl methyl sites for hydroxylation is 2. The van der Waals surface area contributed by atoms with Gasteiger partial charge in [0.05, 0.1) is 17.5 Å². The summed E-state index contributed by atoms with van der Waals surface area (Å²) in [5, 5.41) is 0. The summed E-state index contributed by atoms with van der Waals surface area (Å²) in [6.07, 6.45) is 5.06. The van der Waals surface area contributed by atoms with Crippen molar-refractivity contribution >= 4 is 16.3 Å². The van der Waals surface area contributed by atoms with E-state index in [1.807, 2.05) is 37.3 Å². The number of fused-ring (bicyclic) bond motifs is 3. The maximum atomic E-state index is 6.11. The molecule has 0 bridgehead atoms. The van der Waals surface area contributed by atoms with E-state index in [2.05, 4.69) is 16.5 Å². The molecule has 2 N–H and O–H groups in total. The van der Waals surface area contributed by atoms with E-state index in [1.54, 1.807) is 0 Å². The molecule has 0 saturated heterocycles. The minimum Gasteiger partial charge on any atom is -0.491 e. The van der Waals surface area contributed by atoms with Crippen molar-refractivity contribution in [2.75, 3.05) is 0 Å². The lowest BCUT2D eigenvalue weighted by atomic mass is 10.0. The second-order valence-electron chi connectivity index (χ2n) is 6.60. The average Bonchev–Trinajstić information content (AvgIpc) is 3.10. The van der Waals surface area contributed by atoms with Crippen molar-refractivity contribution in [3.05, 3.63) is 40.5 Å². The van der Waals surface area contributed by atoms with Crippen molar-refractivity contribution in [3.63, 3.8) is 0 Å². The predicted molar refractivity (Wildman–Crippen MR) is 98.8 cm³/mol. The molecule has 1 aliphatic carbocycles. The first-order chi connectivity index (χ1) is 11.7. The van der Waals surface area contributed by atoms with Crippen LogP contribution in [0.3, 0.4) is 0 Å². The number of hydrogen-bond donors (Lipinski definition) is 1. The number of aromatic nitrogens is 2. The number of imidazole rings is 1. The molecular formula is C19H23N3OS. The van der Waals surface area contributed by atoms with Crippen LogP contribution >= 0.6 is 11.3 Å². The first-order valence-corrected chi connectivity index (χ1v) is 9.48. The second kappa shape index (κ2) is 6.22. The predicted octanol–water partition coefficient (Wildman–Crippen LogP) is 4.19. The third-order valence-electron chi connectivity index (χ3n) is 4.51. The molecule has 0 aliphatic heterocycles. The highest BCUT2D eigenvalue weighted by Gasteiger charge is 2.22. The van der Waals surface area contributed by atoms with Crippen LogP contribution in [0, 0.1) is 0 Å². The lowest BCUT2D eigenvalue weighted by Crippen LogP contribution is -2.08. The van der Waals surface area contributed by atoms with Gasteiger partial charge in [-0.15, -0.1) is 11.3 Å². The van der Waals surface area contributed by atoms with Crippen molar-refractivity contribution in [3.8, 4) is 17.0 Å². The van der Waals surface area contributed by atoms with Crippen molar-refractivity contribution in [2.45, 2.75) is 52.2 Å². The molecule has 0 saturated carbocycles. The SMILES string of the molecule is CC(C)Oc1ccc(-c2nc3sc4c(n3c2CN)CCCC4)cc1. The minimum atomic E-state index is 0.180. The molecule has 4 nitrogen and oxygen atoms in total. The Labute approximate surface area is 146 Å². The lowest BCUT2D eigenvalue weighted by Gasteiger charge is -2.12. The standard InChI is InChI=1S/C19H23N3OS/c1-12(2)23-14-9-7-13(8-10-14)18-16(11-20)22-15-5-3-4-6-17(15)24-19(22)21-18/h7-10,12H,3-6,11,20H2,1-2H3. The number of nitrogens with zero attached hydrogens (tertiary/aromatic N) is 2. The highest BCUT2D eigenvalue weighted by molar-refractivity contribution is 7.17. The van der Waals surface area contributed by atoms with E-state index in [0.29, 0.717) is 6.54 Å². The van der Waals surface area contributed by atoms with Crippen molar-refractivity contribution < 1.29 is 4.74 Å². The Morgan fingerprint density at radius 1 is 1.21 bits per heavy atom. The zero-order valence-corrected chi connectivity index (χ0v) is 15.0. The van der Waals surface area contributed by atoms with Crippen LogP contribution in [0.1, 0.15) is 43.0 Å². The summed E-state index contributed by atoms with van der Waals surface area (Å²) < 4.78 is 8.04. The number of rotatable bonds is 4. The molecule has 1 aromatic carbocycles. The Morgan fingerprint density at radius 3 is 2.67 bits per heavy atom. The van der Waals surface area contributed by atoms with Crippen LogP contribution in [0.15, 0.2) is 24.3 Å². The molecule has 0 spiro atoms. The Hall–Kier alpha value is -1.85. The van der Waals surface area contributed by atoms with Crippen molar-refractivity contribution in [1.82, 2.24) is 9.38 Å². The summed E-state index contributed by atoms with van der Waals surface area (Å²) in [6, 6.07) is 8.18. The van der Waals surface area contributed by atoms with Crippen molar-refractivity contribution in [2.24, 2.45) is 5.73 Å². The second-order valence-corrected chi connectivity index (χ2v) is 7.66. The summed E-state index contributed by atoms with van der Waals surface area (Å²) in [4.78, 5) is 7.48. The van der Waals surface area contributed by atoms with Gasteiger partial charge in [0.2, 0.25) is 0 Å². The van der Waals surface area contributed by atoms with Crippen molar-refractivity contribution in [1.29, 1.82) is 0 Å². The van der Waals surface area contributed by atoms with Gasteiger partial charge in [0.25, 0.3) is 0 Å². The number of benzene rings is 1. The van der Waals surface area contributed by atoms with E-state index in [-0.39, 0.29) is 6.10 Å². The number of thiazole rings is 1. The number of ether oxygens (including phenoxy) is 1. The van der Waals surface area contributed by atoms with Crippen LogP contribution in [-0.4, -0.2) is 15.5 Å². The maximum absolute atomic E-state index is 6.11. The Morgan fingerprint density at radius 2 is 1.96 bits per heavy atom. The van der Waals surface area contributed by atoms with Crippen LogP contribution in [0.25, 0.3) is 16.2 Å². The molecule has 0 amide bonds. The molecule has 0 unspecified atom stereocenters. The van der Waals surface area contributed by atoms with Gasteiger partial charge in [-0.1, -0.05) is 0 Å². The maximum Gasteiger partial charge on any atom is 0.194 e. The quantitative estimate of drug-likeness (QED) is 0.774. The van der Waals surface area contributed by atoms with E-state index in [4.69, 9.17) is 15.5 Å². The molecule has 3 aromatic rings. The molecule has 24 heavy (non-hydrogen) atoms. The Kier molecular flexibility index (Phi) is 4.06. The summed E-state index contributed by atoms with van der Waals surface area (Å²) >= 11 is 1.83. The molecule has 0 fully saturated rings. The minimum absolute atomic E-state index is 0.180. The van der Waals surface area contributed by atoms with E-state index in [9.17, 15) is 0 Å². The van der Waals surface area contributed by atoms with Gasteiger partial charge in [-0.3, -0.25) is 4.40 Å². The Bertz CT molecular complexity index is 861. The lowest BCUT2D eigenvalue weighted by molar-refractivity contribution is 0.242. The third kappa shape index (κ3) is 2.62. The number of nitrogens with two attached hydrogens (primary N) is 1. The van der Waals surface area contributed by atoms with Gasteiger partial charge in [-0.05, 0) is 63.8 Å². The van der Waals surface area contributed by atoms with E-state index < -0.39 is 0 Å². The Balaban J connectivity index is 1.77.